The summed E-state index contributed by atoms with van der Waals surface area (Å²) in [7, 11) is 0. The van der Waals surface area contributed by atoms with E-state index in [0.717, 1.165) is 0 Å². The zero-order chi connectivity index (χ0) is 10.3. The van der Waals surface area contributed by atoms with Crippen LogP contribution in [0.1, 0.15) is 19.3 Å². The van der Waals surface area contributed by atoms with Gasteiger partial charge in [-0.05, 0) is 12.8 Å². The van der Waals surface area contributed by atoms with E-state index >= 15 is 0 Å². The SMILES string of the molecule is N=C(CCCNC(=N)N)CC(=O)O. The zero-order valence-corrected chi connectivity index (χ0v) is 7.26. The van der Waals surface area contributed by atoms with Crippen LogP contribution in [0.3, 0.4) is 0 Å². The number of aliphatic carboxylic acids is 1. The van der Waals surface area contributed by atoms with Gasteiger partial charge in [-0.2, -0.15) is 0 Å². The van der Waals surface area contributed by atoms with Gasteiger partial charge < -0.3 is 21.6 Å². The molecule has 6 N–H and O–H groups in total. The summed E-state index contributed by atoms with van der Waals surface area (Å²) in [6.45, 7) is 0.497. The number of hydrogen-bond acceptors (Lipinski definition) is 3. The van der Waals surface area contributed by atoms with Crippen LogP contribution in [0.2, 0.25) is 0 Å². The van der Waals surface area contributed by atoms with Gasteiger partial charge in [0.05, 0.1) is 6.42 Å². The third-order valence-corrected chi connectivity index (χ3v) is 1.34. The number of hydrogen-bond donors (Lipinski definition) is 5. The number of carbonyl (C=O) groups is 1. The smallest absolute Gasteiger partial charge is 0.309 e. The Morgan fingerprint density at radius 2 is 2.08 bits per heavy atom. The molecule has 0 fully saturated rings. The molecule has 0 atom stereocenters. The van der Waals surface area contributed by atoms with Crippen molar-refractivity contribution in [1.29, 1.82) is 10.8 Å². The third kappa shape index (κ3) is 8.32. The first-order chi connectivity index (χ1) is 6.02. The fourth-order valence-electron chi connectivity index (χ4n) is 0.796. The fourth-order valence-corrected chi connectivity index (χ4v) is 0.796. The van der Waals surface area contributed by atoms with Crippen molar-refractivity contribution in [3.8, 4) is 0 Å². The van der Waals surface area contributed by atoms with Gasteiger partial charge in [-0.1, -0.05) is 0 Å². The maximum atomic E-state index is 10.1. The van der Waals surface area contributed by atoms with Crippen LogP contribution < -0.4 is 11.1 Å². The number of nitrogens with one attached hydrogen (secondary N) is 3. The van der Waals surface area contributed by atoms with E-state index in [-0.39, 0.29) is 18.1 Å². The topological polar surface area (TPSA) is 123 Å². The molecule has 74 valence electrons. The molecule has 0 saturated carbocycles. The number of guanidine groups is 1. The van der Waals surface area contributed by atoms with E-state index in [1.54, 1.807) is 0 Å². The second-order valence-electron chi connectivity index (χ2n) is 2.62. The van der Waals surface area contributed by atoms with Crippen LogP contribution in [0.15, 0.2) is 0 Å². The quantitative estimate of drug-likeness (QED) is 0.223. The molecule has 13 heavy (non-hydrogen) atoms. The van der Waals surface area contributed by atoms with Gasteiger partial charge in [-0.3, -0.25) is 10.2 Å². The average molecular weight is 186 g/mol. The summed E-state index contributed by atoms with van der Waals surface area (Å²) in [6, 6.07) is 0. The van der Waals surface area contributed by atoms with Crippen LogP contribution >= 0.6 is 0 Å². The van der Waals surface area contributed by atoms with Crippen LogP contribution in [0.25, 0.3) is 0 Å². The second-order valence-corrected chi connectivity index (χ2v) is 2.62. The van der Waals surface area contributed by atoms with E-state index in [1.165, 1.54) is 0 Å². The molecule has 0 aromatic carbocycles. The standard InChI is InChI=1S/C7H14N4O2/c8-5(4-6(12)13)2-1-3-11-7(9)10/h8H,1-4H2,(H,12,13)(H4,9,10,11). The number of rotatable bonds is 6. The van der Waals surface area contributed by atoms with E-state index in [0.29, 0.717) is 19.4 Å². The molecule has 0 amide bonds. The number of carboxylic acids is 1. The molecule has 0 saturated heterocycles. The number of carboxylic acid groups (broad SMARTS) is 1. The summed E-state index contributed by atoms with van der Waals surface area (Å²) in [5.74, 6) is -1.09. The van der Waals surface area contributed by atoms with Crippen molar-refractivity contribution in [3.05, 3.63) is 0 Å². The Balaban J connectivity index is 3.37. The van der Waals surface area contributed by atoms with Gasteiger partial charge in [0.1, 0.15) is 0 Å². The monoisotopic (exact) mass is 186 g/mol. The van der Waals surface area contributed by atoms with Gasteiger partial charge in [-0.15, -0.1) is 0 Å². The van der Waals surface area contributed by atoms with Crippen molar-refractivity contribution in [1.82, 2.24) is 5.32 Å². The molecule has 0 aliphatic rings. The summed E-state index contributed by atoms with van der Waals surface area (Å²) in [4.78, 5) is 10.1. The van der Waals surface area contributed by atoms with E-state index < -0.39 is 5.97 Å². The van der Waals surface area contributed by atoms with Gasteiger partial charge in [0.2, 0.25) is 0 Å². The lowest BCUT2D eigenvalue weighted by Crippen LogP contribution is -2.31. The molecule has 0 aromatic rings. The summed E-state index contributed by atoms with van der Waals surface area (Å²) < 4.78 is 0. The molecule has 6 nitrogen and oxygen atoms in total. The molecule has 0 aliphatic heterocycles. The predicted octanol–water partition coefficient (Wildman–Crippen LogP) is -0.256. The molecule has 0 rings (SSSR count). The fraction of sp³-hybridized carbons (Fsp3) is 0.571. The molecule has 0 unspecified atom stereocenters. The Kier molecular flexibility index (Phi) is 5.25. The first kappa shape index (κ1) is 11.4. The van der Waals surface area contributed by atoms with Gasteiger partial charge in [-0.25, -0.2) is 0 Å². The largest absolute Gasteiger partial charge is 0.481 e. The summed E-state index contributed by atoms with van der Waals surface area (Å²) >= 11 is 0. The highest BCUT2D eigenvalue weighted by Gasteiger charge is 2.02. The lowest BCUT2D eigenvalue weighted by atomic mass is 10.1. The van der Waals surface area contributed by atoms with Crippen molar-refractivity contribution < 1.29 is 9.90 Å². The lowest BCUT2D eigenvalue weighted by molar-refractivity contribution is -0.135. The van der Waals surface area contributed by atoms with E-state index in [4.69, 9.17) is 21.7 Å². The predicted molar refractivity (Wildman–Crippen MR) is 49.1 cm³/mol. The van der Waals surface area contributed by atoms with Crippen LogP contribution in [0.5, 0.6) is 0 Å². The van der Waals surface area contributed by atoms with E-state index in [1.807, 2.05) is 0 Å². The molecule has 0 aromatic heterocycles. The van der Waals surface area contributed by atoms with Gasteiger partial charge >= 0.3 is 5.97 Å². The molecule has 0 bridgehead atoms. The minimum absolute atomic E-state index is 0.107. The van der Waals surface area contributed by atoms with Gasteiger partial charge in [0.15, 0.2) is 5.96 Å². The Hall–Kier alpha value is -1.59. The Morgan fingerprint density at radius 3 is 2.54 bits per heavy atom. The lowest BCUT2D eigenvalue weighted by Gasteiger charge is -2.03. The maximum Gasteiger partial charge on any atom is 0.309 e. The summed E-state index contributed by atoms with van der Waals surface area (Å²) in [6.07, 6.45) is 0.832. The molecular formula is C7H14N4O2. The van der Waals surface area contributed by atoms with Crippen LogP contribution in [-0.4, -0.2) is 29.3 Å². The molecule has 0 radical (unpaired) electrons. The van der Waals surface area contributed by atoms with E-state index in [2.05, 4.69) is 5.32 Å². The summed E-state index contributed by atoms with van der Waals surface area (Å²) in [5.41, 5.74) is 5.21. The van der Waals surface area contributed by atoms with Crippen molar-refractivity contribution in [2.45, 2.75) is 19.3 Å². The average Bonchev–Trinajstić information content (AvgIpc) is 1.96. The number of nitrogens with two attached hydrogens (primary N) is 1. The van der Waals surface area contributed by atoms with Crippen molar-refractivity contribution >= 4 is 17.6 Å². The molecule has 6 heteroatoms. The highest BCUT2D eigenvalue weighted by molar-refractivity contribution is 5.96. The molecule has 0 heterocycles. The molecule has 0 aliphatic carbocycles. The highest BCUT2D eigenvalue weighted by atomic mass is 16.4. The Bertz CT molecular complexity index is 215. The Morgan fingerprint density at radius 1 is 1.46 bits per heavy atom. The molecular weight excluding hydrogens is 172 g/mol. The normalized spacial score (nSPS) is 9.23. The summed E-state index contributed by atoms with van der Waals surface area (Å²) in [5, 5.41) is 24.9. The van der Waals surface area contributed by atoms with Crippen molar-refractivity contribution in [2.24, 2.45) is 5.73 Å². The first-order valence-electron chi connectivity index (χ1n) is 3.88. The minimum atomic E-state index is -0.982. The maximum absolute atomic E-state index is 10.1. The zero-order valence-electron chi connectivity index (χ0n) is 7.26. The van der Waals surface area contributed by atoms with Crippen molar-refractivity contribution in [3.63, 3.8) is 0 Å². The van der Waals surface area contributed by atoms with Crippen molar-refractivity contribution in [2.75, 3.05) is 6.54 Å². The van der Waals surface area contributed by atoms with Crippen LogP contribution in [-0.2, 0) is 4.79 Å². The second kappa shape index (κ2) is 5.99. The minimum Gasteiger partial charge on any atom is -0.481 e. The Labute approximate surface area is 76.1 Å². The molecule has 0 spiro atoms. The van der Waals surface area contributed by atoms with E-state index in [9.17, 15) is 4.79 Å². The highest BCUT2D eigenvalue weighted by Crippen LogP contribution is 1.94. The van der Waals surface area contributed by atoms with Gasteiger partial charge in [0, 0.05) is 12.3 Å². The van der Waals surface area contributed by atoms with Crippen LogP contribution in [0.4, 0.5) is 0 Å². The van der Waals surface area contributed by atoms with Gasteiger partial charge in [0.25, 0.3) is 0 Å². The first-order valence-corrected chi connectivity index (χ1v) is 3.88. The third-order valence-electron chi connectivity index (χ3n) is 1.34. The van der Waals surface area contributed by atoms with Crippen LogP contribution in [0, 0.1) is 10.8 Å².